The summed E-state index contributed by atoms with van der Waals surface area (Å²) in [6.45, 7) is 8.53. The van der Waals surface area contributed by atoms with E-state index in [-0.39, 0.29) is 29.3 Å². The van der Waals surface area contributed by atoms with Gasteiger partial charge in [-0.15, -0.1) is 0 Å². The average molecular weight is 238 g/mol. The van der Waals surface area contributed by atoms with Crippen LogP contribution in [0.2, 0.25) is 0 Å². The molecule has 0 aromatic rings. The first-order valence-electron chi connectivity index (χ1n) is 6.86. The molecule has 2 bridgehead atoms. The van der Waals surface area contributed by atoms with Gasteiger partial charge in [0.1, 0.15) is 0 Å². The van der Waals surface area contributed by atoms with Crippen molar-refractivity contribution >= 4 is 5.91 Å². The van der Waals surface area contributed by atoms with E-state index in [1.807, 2.05) is 0 Å². The molecule has 2 aliphatic carbocycles. The number of nitrogens with two attached hydrogens (primary N) is 1. The predicted octanol–water partition coefficient (Wildman–Crippen LogP) is 1.91. The van der Waals surface area contributed by atoms with Crippen molar-refractivity contribution in [2.45, 2.75) is 59.0 Å². The SMILES string of the molecule is CC(NC(=O)C1C2CCC(C2)C1N)C(C)(C)C. The van der Waals surface area contributed by atoms with Crippen LogP contribution in [0.1, 0.15) is 47.0 Å². The van der Waals surface area contributed by atoms with Crippen LogP contribution in [0.3, 0.4) is 0 Å². The molecule has 5 atom stereocenters. The lowest BCUT2D eigenvalue weighted by atomic mass is 9.83. The summed E-state index contributed by atoms with van der Waals surface area (Å²) >= 11 is 0. The fourth-order valence-corrected chi connectivity index (χ4v) is 3.25. The highest BCUT2D eigenvalue weighted by Gasteiger charge is 2.49. The Bertz CT molecular complexity index is 306. The van der Waals surface area contributed by atoms with Crippen LogP contribution in [0, 0.1) is 23.2 Å². The first-order chi connectivity index (χ1) is 7.80. The van der Waals surface area contributed by atoms with Crippen molar-refractivity contribution in [3.8, 4) is 0 Å². The number of nitrogens with one attached hydrogen (secondary N) is 1. The molecule has 0 aromatic carbocycles. The zero-order chi connectivity index (χ0) is 12.8. The molecule has 3 nitrogen and oxygen atoms in total. The molecule has 3 N–H and O–H groups in total. The Balaban J connectivity index is 1.97. The molecule has 2 aliphatic rings. The van der Waals surface area contributed by atoms with Gasteiger partial charge in [0.25, 0.3) is 0 Å². The van der Waals surface area contributed by atoms with E-state index in [0.717, 1.165) is 0 Å². The molecule has 2 rings (SSSR count). The van der Waals surface area contributed by atoms with Crippen LogP contribution in [0.5, 0.6) is 0 Å². The number of amides is 1. The van der Waals surface area contributed by atoms with Gasteiger partial charge in [0.15, 0.2) is 0 Å². The molecule has 0 radical (unpaired) electrons. The van der Waals surface area contributed by atoms with Gasteiger partial charge in [0.2, 0.25) is 5.91 Å². The van der Waals surface area contributed by atoms with Crippen molar-refractivity contribution < 1.29 is 4.79 Å². The van der Waals surface area contributed by atoms with Gasteiger partial charge in [-0.1, -0.05) is 20.8 Å². The minimum Gasteiger partial charge on any atom is -0.353 e. The second kappa shape index (κ2) is 4.27. The lowest BCUT2D eigenvalue weighted by molar-refractivity contribution is -0.128. The zero-order valence-corrected chi connectivity index (χ0v) is 11.5. The Kier molecular flexibility index (Phi) is 3.23. The van der Waals surface area contributed by atoms with Crippen molar-refractivity contribution in [2.75, 3.05) is 0 Å². The maximum absolute atomic E-state index is 12.3. The van der Waals surface area contributed by atoms with Crippen molar-refractivity contribution in [1.82, 2.24) is 5.32 Å². The van der Waals surface area contributed by atoms with Gasteiger partial charge < -0.3 is 11.1 Å². The third-order valence-corrected chi connectivity index (χ3v) is 4.94. The number of hydrogen-bond donors (Lipinski definition) is 2. The standard InChI is InChI=1S/C14H26N2O/c1-8(14(2,3)4)16-13(17)11-9-5-6-10(7-9)12(11)15/h8-12H,5-7,15H2,1-4H3,(H,16,17). The minimum atomic E-state index is 0.0681. The summed E-state index contributed by atoms with van der Waals surface area (Å²) < 4.78 is 0. The highest BCUT2D eigenvalue weighted by atomic mass is 16.2. The van der Waals surface area contributed by atoms with Crippen molar-refractivity contribution in [3.05, 3.63) is 0 Å². The Morgan fingerprint density at radius 2 is 1.88 bits per heavy atom. The van der Waals surface area contributed by atoms with Gasteiger partial charge in [0.05, 0.1) is 5.92 Å². The minimum absolute atomic E-state index is 0.0681. The van der Waals surface area contributed by atoms with E-state index < -0.39 is 0 Å². The van der Waals surface area contributed by atoms with E-state index in [0.29, 0.717) is 11.8 Å². The smallest absolute Gasteiger partial charge is 0.225 e. The average Bonchev–Trinajstić information content (AvgIpc) is 2.75. The molecule has 98 valence electrons. The number of carbonyl (C=O) groups is 1. The van der Waals surface area contributed by atoms with E-state index in [2.05, 4.69) is 33.0 Å². The lowest BCUT2D eigenvalue weighted by Crippen LogP contribution is -2.50. The largest absolute Gasteiger partial charge is 0.353 e. The molecule has 0 aromatic heterocycles. The second-order valence-electron chi connectivity index (χ2n) is 7.03. The van der Waals surface area contributed by atoms with Crippen LogP contribution in [0.25, 0.3) is 0 Å². The van der Waals surface area contributed by atoms with E-state index in [1.54, 1.807) is 0 Å². The van der Waals surface area contributed by atoms with Crippen molar-refractivity contribution in [3.63, 3.8) is 0 Å². The van der Waals surface area contributed by atoms with Crippen molar-refractivity contribution in [2.24, 2.45) is 28.9 Å². The molecule has 2 fully saturated rings. The molecule has 0 saturated heterocycles. The maximum Gasteiger partial charge on any atom is 0.225 e. The summed E-state index contributed by atoms with van der Waals surface area (Å²) in [6.07, 6.45) is 3.59. The molecule has 1 amide bonds. The summed E-state index contributed by atoms with van der Waals surface area (Å²) in [7, 11) is 0. The normalized spacial score (nSPS) is 38.2. The fourth-order valence-electron chi connectivity index (χ4n) is 3.25. The van der Waals surface area contributed by atoms with Crippen LogP contribution in [0.4, 0.5) is 0 Å². The van der Waals surface area contributed by atoms with E-state index >= 15 is 0 Å². The maximum atomic E-state index is 12.3. The third-order valence-electron chi connectivity index (χ3n) is 4.94. The number of rotatable bonds is 2. The Morgan fingerprint density at radius 3 is 2.35 bits per heavy atom. The Hall–Kier alpha value is -0.570. The summed E-state index contributed by atoms with van der Waals surface area (Å²) in [5.41, 5.74) is 6.30. The van der Waals surface area contributed by atoms with Crippen LogP contribution >= 0.6 is 0 Å². The van der Waals surface area contributed by atoms with Gasteiger partial charge >= 0.3 is 0 Å². The molecule has 17 heavy (non-hydrogen) atoms. The number of carbonyl (C=O) groups excluding carboxylic acids is 1. The van der Waals surface area contributed by atoms with Crippen molar-refractivity contribution in [1.29, 1.82) is 0 Å². The van der Waals surface area contributed by atoms with Gasteiger partial charge in [-0.2, -0.15) is 0 Å². The molecule has 0 aliphatic heterocycles. The number of hydrogen-bond acceptors (Lipinski definition) is 2. The third kappa shape index (κ3) is 2.35. The topological polar surface area (TPSA) is 55.1 Å². The summed E-state index contributed by atoms with van der Waals surface area (Å²) in [5, 5.41) is 3.16. The molecule has 5 unspecified atom stereocenters. The lowest BCUT2D eigenvalue weighted by Gasteiger charge is -2.32. The summed E-state index contributed by atoms with van der Waals surface area (Å²) in [6, 6.07) is 0.294. The summed E-state index contributed by atoms with van der Waals surface area (Å²) in [4.78, 5) is 12.3. The fraction of sp³-hybridized carbons (Fsp3) is 0.929. The van der Waals surface area contributed by atoms with Crippen LogP contribution < -0.4 is 11.1 Å². The molecule has 0 heterocycles. The quantitative estimate of drug-likeness (QED) is 0.772. The van der Waals surface area contributed by atoms with E-state index in [1.165, 1.54) is 19.3 Å². The van der Waals surface area contributed by atoms with Crippen LogP contribution in [0.15, 0.2) is 0 Å². The highest BCUT2D eigenvalue weighted by molar-refractivity contribution is 5.80. The van der Waals surface area contributed by atoms with E-state index in [4.69, 9.17) is 5.73 Å². The number of fused-ring (bicyclic) bond motifs is 2. The monoisotopic (exact) mass is 238 g/mol. The van der Waals surface area contributed by atoms with E-state index in [9.17, 15) is 4.79 Å². The predicted molar refractivity (Wildman–Crippen MR) is 69.4 cm³/mol. The van der Waals surface area contributed by atoms with Gasteiger partial charge in [-0.3, -0.25) is 4.79 Å². The first kappa shape index (κ1) is 12.9. The summed E-state index contributed by atoms with van der Waals surface area (Å²) in [5.74, 6) is 1.40. The van der Waals surface area contributed by atoms with Crippen LogP contribution in [-0.4, -0.2) is 18.0 Å². The van der Waals surface area contributed by atoms with Gasteiger partial charge in [-0.25, -0.2) is 0 Å². The first-order valence-corrected chi connectivity index (χ1v) is 6.86. The zero-order valence-electron chi connectivity index (χ0n) is 11.5. The second-order valence-corrected chi connectivity index (χ2v) is 7.03. The van der Waals surface area contributed by atoms with Crippen LogP contribution in [-0.2, 0) is 4.79 Å². The Morgan fingerprint density at radius 1 is 1.29 bits per heavy atom. The molecular weight excluding hydrogens is 212 g/mol. The molecule has 2 saturated carbocycles. The molecule has 3 heteroatoms. The highest BCUT2D eigenvalue weighted by Crippen LogP contribution is 2.47. The van der Waals surface area contributed by atoms with Gasteiger partial charge in [0, 0.05) is 12.1 Å². The Labute approximate surface area is 105 Å². The molecular formula is C14H26N2O. The van der Waals surface area contributed by atoms with Gasteiger partial charge in [-0.05, 0) is 43.4 Å². The molecule has 0 spiro atoms.